The maximum absolute atomic E-state index is 12.5. The van der Waals surface area contributed by atoms with E-state index in [0.717, 1.165) is 21.8 Å². The summed E-state index contributed by atoms with van der Waals surface area (Å²) in [6.45, 7) is 5.97. The number of hydrogen-bond donors (Lipinski definition) is 1. The van der Waals surface area contributed by atoms with Gasteiger partial charge in [-0.15, -0.1) is 11.3 Å². The van der Waals surface area contributed by atoms with Crippen LogP contribution in [-0.2, 0) is 16.6 Å². The lowest BCUT2D eigenvalue weighted by atomic mass is 10.1. The molecule has 0 spiro atoms. The van der Waals surface area contributed by atoms with Crippen LogP contribution in [0.5, 0.6) is 5.75 Å². The van der Waals surface area contributed by atoms with Crippen LogP contribution in [0.2, 0.25) is 0 Å². The molecule has 27 heavy (non-hydrogen) atoms. The number of sulfonamides is 1. The van der Waals surface area contributed by atoms with Crippen molar-refractivity contribution in [2.45, 2.75) is 37.1 Å². The van der Waals surface area contributed by atoms with Gasteiger partial charge in [0.2, 0.25) is 0 Å². The lowest BCUT2D eigenvalue weighted by Gasteiger charge is -2.19. The Morgan fingerprint density at radius 2 is 1.70 bits per heavy atom. The number of ether oxygens (including phenoxy) is 1. The largest absolute Gasteiger partial charge is 0.489 e. The van der Waals surface area contributed by atoms with Crippen molar-refractivity contribution in [1.82, 2.24) is 4.72 Å². The molecule has 1 aromatic heterocycles. The van der Waals surface area contributed by atoms with Gasteiger partial charge < -0.3 is 4.74 Å². The molecule has 3 aromatic rings. The van der Waals surface area contributed by atoms with E-state index in [2.05, 4.69) is 4.72 Å². The van der Waals surface area contributed by atoms with Gasteiger partial charge >= 0.3 is 0 Å². The predicted molar refractivity (Wildman–Crippen MR) is 111 cm³/mol. The summed E-state index contributed by atoms with van der Waals surface area (Å²) in [5.41, 5.74) is 1.51. The molecule has 0 radical (unpaired) electrons. The van der Waals surface area contributed by atoms with E-state index in [1.165, 1.54) is 11.3 Å². The van der Waals surface area contributed by atoms with Crippen molar-refractivity contribution in [3.8, 4) is 16.2 Å². The van der Waals surface area contributed by atoms with E-state index in [0.29, 0.717) is 10.8 Å². The smallest absolute Gasteiger partial charge is 0.250 e. The summed E-state index contributed by atoms with van der Waals surface area (Å²) >= 11 is 1.25. The first-order valence-electron chi connectivity index (χ1n) is 8.64. The Morgan fingerprint density at radius 3 is 2.41 bits per heavy atom. The van der Waals surface area contributed by atoms with Crippen molar-refractivity contribution in [2.75, 3.05) is 0 Å². The van der Waals surface area contributed by atoms with Crippen molar-refractivity contribution in [3.05, 3.63) is 72.3 Å². The van der Waals surface area contributed by atoms with E-state index >= 15 is 0 Å². The van der Waals surface area contributed by atoms with Crippen LogP contribution in [0.15, 0.2) is 70.9 Å². The van der Waals surface area contributed by atoms with Crippen LogP contribution in [0.25, 0.3) is 10.4 Å². The summed E-state index contributed by atoms with van der Waals surface area (Å²) in [6, 6.07) is 21.1. The number of thiophene rings is 1. The highest BCUT2D eigenvalue weighted by molar-refractivity contribution is 7.91. The average Bonchev–Trinajstić information content (AvgIpc) is 3.10. The highest BCUT2D eigenvalue weighted by atomic mass is 32.2. The first-order valence-corrected chi connectivity index (χ1v) is 10.9. The molecule has 142 valence electrons. The molecule has 0 amide bonds. The van der Waals surface area contributed by atoms with Crippen LogP contribution in [0, 0.1) is 0 Å². The van der Waals surface area contributed by atoms with Gasteiger partial charge in [-0.1, -0.05) is 42.5 Å². The van der Waals surface area contributed by atoms with E-state index in [9.17, 15) is 8.42 Å². The fourth-order valence-corrected chi connectivity index (χ4v) is 5.27. The first kappa shape index (κ1) is 19.6. The standard InChI is InChI=1S/C21H23NO3S2/c1-21(2,3)22-27(23,24)20-13-12-19(26-20)17-10-7-11-18(14-17)25-15-16-8-5-4-6-9-16/h4-14,22H,15H2,1-3H3. The van der Waals surface area contributed by atoms with Gasteiger partial charge in [0.25, 0.3) is 10.0 Å². The van der Waals surface area contributed by atoms with Crippen LogP contribution < -0.4 is 9.46 Å². The van der Waals surface area contributed by atoms with Crippen LogP contribution in [-0.4, -0.2) is 14.0 Å². The Labute approximate surface area is 164 Å². The molecule has 0 aliphatic heterocycles. The molecule has 0 saturated carbocycles. The highest BCUT2D eigenvalue weighted by Crippen LogP contribution is 2.33. The molecular formula is C21H23NO3S2. The minimum atomic E-state index is -3.52. The number of hydrogen-bond acceptors (Lipinski definition) is 4. The molecule has 3 rings (SSSR count). The third-order valence-electron chi connectivity index (χ3n) is 3.65. The van der Waals surface area contributed by atoms with Gasteiger partial charge in [-0.2, -0.15) is 0 Å². The zero-order chi connectivity index (χ0) is 19.5. The van der Waals surface area contributed by atoms with Crippen molar-refractivity contribution in [1.29, 1.82) is 0 Å². The average molecular weight is 402 g/mol. The Kier molecular flexibility index (Phi) is 5.69. The minimum Gasteiger partial charge on any atom is -0.489 e. The molecule has 0 unspecified atom stereocenters. The van der Waals surface area contributed by atoms with E-state index in [1.54, 1.807) is 6.07 Å². The molecule has 6 heteroatoms. The molecule has 2 aromatic carbocycles. The van der Waals surface area contributed by atoms with Gasteiger partial charge in [0.05, 0.1) is 0 Å². The van der Waals surface area contributed by atoms with E-state index in [1.807, 2.05) is 81.4 Å². The summed E-state index contributed by atoms with van der Waals surface area (Å²) in [5.74, 6) is 0.752. The molecule has 0 atom stereocenters. The molecule has 1 heterocycles. The Bertz CT molecular complexity index is 1000. The normalized spacial score (nSPS) is 12.1. The van der Waals surface area contributed by atoms with Gasteiger partial charge in [-0.3, -0.25) is 0 Å². The second kappa shape index (κ2) is 7.84. The van der Waals surface area contributed by atoms with Gasteiger partial charge in [0, 0.05) is 10.4 Å². The van der Waals surface area contributed by atoms with E-state index in [-0.39, 0.29) is 0 Å². The molecule has 0 aliphatic carbocycles. The van der Waals surface area contributed by atoms with Gasteiger partial charge in [0.15, 0.2) is 0 Å². The second-order valence-electron chi connectivity index (χ2n) is 7.28. The van der Waals surface area contributed by atoms with Gasteiger partial charge in [-0.25, -0.2) is 13.1 Å². The van der Waals surface area contributed by atoms with Crippen LogP contribution in [0.1, 0.15) is 26.3 Å². The lowest BCUT2D eigenvalue weighted by Crippen LogP contribution is -2.40. The SMILES string of the molecule is CC(C)(C)NS(=O)(=O)c1ccc(-c2cccc(OCc3ccccc3)c2)s1. The summed E-state index contributed by atoms with van der Waals surface area (Å²) < 4.78 is 33.8. The summed E-state index contributed by atoms with van der Waals surface area (Å²) in [6.07, 6.45) is 0. The van der Waals surface area contributed by atoms with Crippen LogP contribution >= 0.6 is 11.3 Å². The predicted octanol–water partition coefficient (Wildman–Crippen LogP) is 5.07. The monoisotopic (exact) mass is 401 g/mol. The summed E-state index contributed by atoms with van der Waals surface area (Å²) in [5, 5.41) is 0. The third-order valence-corrected chi connectivity index (χ3v) is 7.04. The number of benzene rings is 2. The number of nitrogens with one attached hydrogen (secondary N) is 1. The molecule has 0 aliphatic rings. The van der Waals surface area contributed by atoms with Crippen molar-refractivity contribution in [2.24, 2.45) is 0 Å². The third kappa shape index (κ3) is 5.42. The topological polar surface area (TPSA) is 55.4 Å². The zero-order valence-corrected chi connectivity index (χ0v) is 17.2. The lowest BCUT2D eigenvalue weighted by molar-refractivity contribution is 0.306. The highest BCUT2D eigenvalue weighted by Gasteiger charge is 2.23. The minimum absolute atomic E-state index is 0.308. The summed E-state index contributed by atoms with van der Waals surface area (Å²) in [7, 11) is -3.52. The molecule has 0 bridgehead atoms. The maximum atomic E-state index is 12.5. The molecule has 0 fully saturated rings. The Balaban J connectivity index is 1.77. The maximum Gasteiger partial charge on any atom is 0.250 e. The van der Waals surface area contributed by atoms with E-state index in [4.69, 9.17) is 4.74 Å². The Morgan fingerprint density at radius 1 is 0.963 bits per heavy atom. The summed E-state index contributed by atoms with van der Waals surface area (Å²) in [4.78, 5) is 0.884. The molecule has 1 N–H and O–H groups in total. The second-order valence-corrected chi connectivity index (χ2v) is 10.3. The zero-order valence-electron chi connectivity index (χ0n) is 15.6. The van der Waals surface area contributed by atoms with Crippen LogP contribution in [0.3, 0.4) is 0 Å². The van der Waals surface area contributed by atoms with Crippen molar-refractivity contribution in [3.63, 3.8) is 0 Å². The molecule has 4 nitrogen and oxygen atoms in total. The quantitative estimate of drug-likeness (QED) is 0.627. The first-order chi connectivity index (χ1) is 12.7. The van der Waals surface area contributed by atoms with Gasteiger partial charge in [0.1, 0.15) is 16.6 Å². The molecular weight excluding hydrogens is 378 g/mol. The van der Waals surface area contributed by atoms with E-state index < -0.39 is 15.6 Å². The van der Waals surface area contributed by atoms with Crippen molar-refractivity contribution < 1.29 is 13.2 Å². The fraction of sp³-hybridized carbons (Fsp3) is 0.238. The van der Waals surface area contributed by atoms with Gasteiger partial charge in [-0.05, 0) is 56.2 Å². The van der Waals surface area contributed by atoms with Crippen LogP contribution in [0.4, 0.5) is 0 Å². The van der Waals surface area contributed by atoms with Crippen molar-refractivity contribution >= 4 is 21.4 Å². The number of rotatable bonds is 6. The molecule has 0 saturated heterocycles. The fourth-order valence-electron chi connectivity index (χ4n) is 2.55. The Hall–Kier alpha value is -2.15.